The molecule has 2 rings (SSSR count). The summed E-state index contributed by atoms with van der Waals surface area (Å²) in [6, 6.07) is 7.31. The zero-order valence-corrected chi connectivity index (χ0v) is 11.9. The number of aliphatic hydroxyl groups is 1. The first-order valence-corrected chi connectivity index (χ1v) is 6.58. The van der Waals surface area contributed by atoms with Crippen LogP contribution in [0.1, 0.15) is 5.89 Å². The highest BCUT2D eigenvalue weighted by Gasteiger charge is 2.27. The molecule has 5 nitrogen and oxygen atoms in total. The van der Waals surface area contributed by atoms with Crippen LogP contribution in [0.2, 0.25) is 0 Å². The molecule has 0 atom stereocenters. The Labute approximate surface area is 122 Å². The molecule has 20 heavy (non-hydrogen) atoms. The largest absolute Gasteiger partial charge is 0.419 e. The summed E-state index contributed by atoms with van der Waals surface area (Å²) in [4.78, 5) is 0. The Kier molecular flexibility index (Phi) is 4.79. The van der Waals surface area contributed by atoms with E-state index < -0.39 is 19.1 Å². The van der Waals surface area contributed by atoms with Crippen molar-refractivity contribution in [3.05, 3.63) is 34.6 Å². The third-order valence-corrected chi connectivity index (χ3v) is 3.15. The molecule has 0 aliphatic heterocycles. The molecule has 0 spiro atoms. The minimum absolute atomic E-state index is 0.00699. The van der Waals surface area contributed by atoms with Crippen molar-refractivity contribution in [3.63, 3.8) is 0 Å². The van der Waals surface area contributed by atoms with Gasteiger partial charge >= 0.3 is 0 Å². The number of alkyl halides is 2. The number of nitrogens with zero attached hydrogens (tertiary/aromatic N) is 2. The highest BCUT2D eigenvalue weighted by molar-refractivity contribution is 9.10. The van der Waals surface area contributed by atoms with Crippen molar-refractivity contribution in [3.8, 4) is 11.5 Å². The summed E-state index contributed by atoms with van der Waals surface area (Å²) in [7, 11) is 0. The molecule has 0 saturated heterocycles. The van der Waals surface area contributed by atoms with Crippen molar-refractivity contribution in [2.75, 3.05) is 13.2 Å². The maximum atomic E-state index is 12.8. The Bertz CT molecular complexity index is 577. The van der Waals surface area contributed by atoms with Gasteiger partial charge in [-0.05, 0) is 28.1 Å². The molecule has 0 aliphatic rings. The van der Waals surface area contributed by atoms with Crippen LogP contribution in [0, 0.1) is 0 Å². The van der Waals surface area contributed by atoms with E-state index >= 15 is 0 Å². The number of aromatic nitrogens is 2. The second kappa shape index (κ2) is 6.38. The zero-order valence-electron chi connectivity index (χ0n) is 10.3. The lowest BCUT2D eigenvalue weighted by Gasteiger charge is -2.12. The van der Waals surface area contributed by atoms with Crippen LogP contribution in [-0.2, 0) is 6.54 Å². The summed E-state index contributed by atoms with van der Waals surface area (Å²) in [6.45, 7) is -1.85. The van der Waals surface area contributed by atoms with Gasteiger partial charge in [-0.25, -0.2) is 8.78 Å². The average Bonchev–Trinajstić information content (AvgIpc) is 2.88. The smallest absolute Gasteiger partial charge is 0.282 e. The number of aliphatic hydroxyl groups excluding tert-OH is 1. The van der Waals surface area contributed by atoms with E-state index in [-0.39, 0.29) is 12.4 Å². The fourth-order valence-corrected chi connectivity index (χ4v) is 1.93. The van der Waals surface area contributed by atoms with E-state index in [2.05, 4.69) is 31.4 Å². The van der Waals surface area contributed by atoms with E-state index in [4.69, 9.17) is 9.52 Å². The molecule has 0 aliphatic carbocycles. The van der Waals surface area contributed by atoms with Crippen LogP contribution in [-0.4, -0.2) is 34.4 Å². The highest BCUT2D eigenvalue weighted by Crippen LogP contribution is 2.26. The normalized spacial score (nSPS) is 11.8. The lowest BCUT2D eigenvalue weighted by Crippen LogP contribution is -2.35. The number of nitrogens with one attached hydrogen (secondary N) is 1. The van der Waals surface area contributed by atoms with Gasteiger partial charge in [-0.1, -0.05) is 12.1 Å². The van der Waals surface area contributed by atoms with Crippen LogP contribution < -0.4 is 5.32 Å². The van der Waals surface area contributed by atoms with Gasteiger partial charge in [0.25, 0.3) is 5.92 Å². The molecule has 2 aromatic rings. The van der Waals surface area contributed by atoms with Gasteiger partial charge in [0.15, 0.2) is 0 Å². The minimum atomic E-state index is -3.16. The van der Waals surface area contributed by atoms with Crippen molar-refractivity contribution in [2.24, 2.45) is 0 Å². The first-order chi connectivity index (χ1) is 9.52. The van der Waals surface area contributed by atoms with Gasteiger partial charge in [-0.15, -0.1) is 10.2 Å². The SMILES string of the molecule is OCC(F)(F)CNCc1nnc(-c2ccccc2Br)o1. The van der Waals surface area contributed by atoms with Crippen molar-refractivity contribution in [1.82, 2.24) is 15.5 Å². The summed E-state index contributed by atoms with van der Waals surface area (Å²) in [5.41, 5.74) is 0.729. The van der Waals surface area contributed by atoms with Crippen molar-refractivity contribution < 1.29 is 18.3 Å². The predicted octanol–water partition coefficient (Wildman–Crippen LogP) is 2.22. The molecule has 8 heteroatoms. The molecular weight excluding hydrogens is 336 g/mol. The van der Waals surface area contributed by atoms with E-state index in [1.54, 1.807) is 6.07 Å². The highest BCUT2D eigenvalue weighted by atomic mass is 79.9. The van der Waals surface area contributed by atoms with E-state index in [1.807, 2.05) is 18.2 Å². The monoisotopic (exact) mass is 347 g/mol. The zero-order chi connectivity index (χ0) is 14.6. The Hall–Kier alpha value is -1.38. The van der Waals surface area contributed by atoms with E-state index in [0.29, 0.717) is 5.89 Å². The molecule has 2 N–H and O–H groups in total. The van der Waals surface area contributed by atoms with Gasteiger partial charge in [0.2, 0.25) is 11.8 Å². The summed E-state index contributed by atoms with van der Waals surface area (Å²) in [5.74, 6) is -2.65. The lowest BCUT2D eigenvalue weighted by molar-refractivity contribution is -0.0480. The molecule has 0 amide bonds. The topological polar surface area (TPSA) is 71.2 Å². The molecule has 108 valence electrons. The van der Waals surface area contributed by atoms with Crippen molar-refractivity contribution >= 4 is 15.9 Å². The Balaban J connectivity index is 1.98. The van der Waals surface area contributed by atoms with E-state index in [0.717, 1.165) is 10.0 Å². The fraction of sp³-hybridized carbons (Fsp3) is 0.333. The van der Waals surface area contributed by atoms with Gasteiger partial charge in [-0.2, -0.15) is 0 Å². The first-order valence-electron chi connectivity index (χ1n) is 5.78. The summed E-state index contributed by atoms with van der Waals surface area (Å²) in [5, 5.41) is 18.5. The van der Waals surface area contributed by atoms with Crippen LogP contribution in [0.3, 0.4) is 0 Å². The molecule has 1 aromatic heterocycles. The van der Waals surface area contributed by atoms with Gasteiger partial charge in [0.1, 0.15) is 6.61 Å². The van der Waals surface area contributed by atoms with Crippen LogP contribution in [0.15, 0.2) is 33.2 Å². The second-order valence-electron chi connectivity index (χ2n) is 4.10. The molecule has 1 aromatic carbocycles. The van der Waals surface area contributed by atoms with Crippen LogP contribution in [0.4, 0.5) is 8.78 Å². The number of rotatable bonds is 6. The van der Waals surface area contributed by atoms with Crippen LogP contribution >= 0.6 is 15.9 Å². The number of benzene rings is 1. The summed E-state index contributed by atoms with van der Waals surface area (Å²) in [6.07, 6.45) is 0. The Morgan fingerprint density at radius 1 is 1.30 bits per heavy atom. The van der Waals surface area contributed by atoms with Gasteiger partial charge in [-0.3, -0.25) is 0 Å². The molecular formula is C12H12BrF2N3O2. The summed E-state index contributed by atoms with van der Waals surface area (Å²) >= 11 is 3.36. The van der Waals surface area contributed by atoms with Crippen LogP contribution in [0.5, 0.6) is 0 Å². The standard InChI is InChI=1S/C12H12BrF2N3O2/c13-9-4-2-1-3-8(9)11-18-17-10(20-11)5-16-6-12(14,15)7-19/h1-4,16,19H,5-7H2. The van der Waals surface area contributed by atoms with Gasteiger partial charge < -0.3 is 14.8 Å². The third kappa shape index (κ3) is 3.81. The first kappa shape index (κ1) is 15.0. The number of hydrogen-bond donors (Lipinski definition) is 2. The minimum Gasteiger partial charge on any atom is -0.419 e. The Morgan fingerprint density at radius 2 is 2.05 bits per heavy atom. The van der Waals surface area contributed by atoms with Gasteiger partial charge in [0, 0.05) is 4.47 Å². The second-order valence-corrected chi connectivity index (χ2v) is 4.95. The van der Waals surface area contributed by atoms with E-state index in [1.165, 1.54) is 0 Å². The molecule has 0 bridgehead atoms. The molecule has 0 unspecified atom stereocenters. The van der Waals surface area contributed by atoms with E-state index in [9.17, 15) is 8.78 Å². The van der Waals surface area contributed by atoms with Crippen molar-refractivity contribution in [1.29, 1.82) is 0 Å². The van der Waals surface area contributed by atoms with Crippen LogP contribution in [0.25, 0.3) is 11.5 Å². The molecule has 0 fully saturated rings. The number of hydrogen-bond acceptors (Lipinski definition) is 5. The average molecular weight is 348 g/mol. The fourth-order valence-electron chi connectivity index (χ4n) is 1.48. The van der Waals surface area contributed by atoms with Gasteiger partial charge in [0.05, 0.1) is 18.7 Å². The summed E-state index contributed by atoms with van der Waals surface area (Å²) < 4.78 is 31.8. The number of halogens is 3. The maximum absolute atomic E-state index is 12.8. The molecule has 1 heterocycles. The quantitative estimate of drug-likeness (QED) is 0.838. The third-order valence-electron chi connectivity index (χ3n) is 2.46. The Morgan fingerprint density at radius 3 is 2.75 bits per heavy atom. The molecule has 0 saturated carbocycles. The predicted molar refractivity (Wildman–Crippen MR) is 71.2 cm³/mol. The molecule has 0 radical (unpaired) electrons. The lowest BCUT2D eigenvalue weighted by atomic mass is 10.2. The maximum Gasteiger partial charge on any atom is 0.282 e. The van der Waals surface area contributed by atoms with Crippen molar-refractivity contribution in [2.45, 2.75) is 12.5 Å².